The van der Waals surface area contributed by atoms with Gasteiger partial charge in [0.15, 0.2) is 0 Å². The Morgan fingerprint density at radius 1 is 0.952 bits per heavy atom. The Morgan fingerprint density at radius 2 is 1.43 bits per heavy atom. The Kier molecular flexibility index (Phi) is 10.9. The lowest BCUT2D eigenvalue weighted by atomic mass is 10.5. The van der Waals surface area contributed by atoms with Crippen molar-refractivity contribution in [3.05, 3.63) is 12.7 Å². The molecule has 0 amide bonds. The van der Waals surface area contributed by atoms with E-state index in [2.05, 4.69) is 6.58 Å². The van der Waals surface area contributed by atoms with Gasteiger partial charge in [-0.3, -0.25) is 0 Å². The maximum Gasteiger partial charge on any atom is 0.330 e. The quantitative estimate of drug-likeness (QED) is 0.185. The number of carbonyl (C=O) groups excluding carboxylic acids is 1. The smallest absolute Gasteiger partial charge is 0.330 e. The Hall–Kier alpha value is -0.990. The van der Waals surface area contributed by atoms with E-state index in [-0.39, 0.29) is 6.61 Å². The van der Waals surface area contributed by atoms with Gasteiger partial charge in [-0.1, -0.05) is 6.58 Å². The van der Waals surface area contributed by atoms with Crippen molar-refractivity contribution in [3.63, 3.8) is 0 Å². The van der Waals surface area contributed by atoms with Crippen LogP contribution >= 0.6 is 0 Å². The molecule has 0 saturated carbocycles. The Labute approximate surface area is 125 Å². The highest BCUT2D eigenvalue weighted by molar-refractivity contribution is 5.81. The maximum atomic E-state index is 10.7. The van der Waals surface area contributed by atoms with Crippen molar-refractivity contribution in [1.29, 1.82) is 0 Å². The van der Waals surface area contributed by atoms with Crippen molar-refractivity contribution in [2.75, 3.05) is 66.1 Å². The van der Waals surface area contributed by atoms with Gasteiger partial charge in [0, 0.05) is 6.08 Å². The summed E-state index contributed by atoms with van der Waals surface area (Å²) in [5.41, 5.74) is 0. The molecule has 0 bridgehead atoms. The van der Waals surface area contributed by atoms with Crippen LogP contribution in [0.1, 0.15) is 0 Å². The van der Waals surface area contributed by atoms with Crippen LogP contribution in [0.4, 0.5) is 0 Å². The minimum atomic E-state index is -0.444. The van der Waals surface area contributed by atoms with Gasteiger partial charge in [0.1, 0.15) is 12.7 Å². The molecule has 7 heteroatoms. The van der Waals surface area contributed by atoms with Crippen LogP contribution in [-0.4, -0.2) is 78.1 Å². The number of ether oxygens (including phenoxy) is 6. The topological polar surface area (TPSA) is 75.8 Å². The number of esters is 1. The van der Waals surface area contributed by atoms with Crippen LogP contribution in [0, 0.1) is 0 Å². The molecule has 1 rings (SSSR count). The summed E-state index contributed by atoms with van der Waals surface area (Å²) >= 11 is 0. The van der Waals surface area contributed by atoms with Gasteiger partial charge in [-0.05, 0) is 0 Å². The van der Waals surface area contributed by atoms with E-state index < -0.39 is 5.97 Å². The predicted molar refractivity (Wildman–Crippen MR) is 74.2 cm³/mol. The van der Waals surface area contributed by atoms with E-state index in [1.54, 1.807) is 0 Å². The van der Waals surface area contributed by atoms with Gasteiger partial charge in [-0.25, -0.2) is 4.79 Å². The van der Waals surface area contributed by atoms with Gasteiger partial charge in [-0.15, -0.1) is 0 Å². The van der Waals surface area contributed by atoms with Crippen LogP contribution < -0.4 is 0 Å². The third kappa shape index (κ3) is 12.5. The Balaban J connectivity index is 1.64. The van der Waals surface area contributed by atoms with Crippen molar-refractivity contribution < 1.29 is 33.2 Å². The zero-order valence-electron chi connectivity index (χ0n) is 12.3. The van der Waals surface area contributed by atoms with Gasteiger partial charge in [-0.2, -0.15) is 0 Å². The average molecular weight is 304 g/mol. The lowest BCUT2D eigenvalue weighted by Crippen LogP contribution is -2.14. The number of hydrogen-bond donors (Lipinski definition) is 0. The molecule has 0 aromatic carbocycles. The molecule has 0 aliphatic carbocycles. The van der Waals surface area contributed by atoms with Gasteiger partial charge in [0.05, 0.1) is 59.5 Å². The van der Waals surface area contributed by atoms with Crippen molar-refractivity contribution in [1.82, 2.24) is 0 Å². The number of hydrogen-bond acceptors (Lipinski definition) is 7. The maximum absolute atomic E-state index is 10.7. The lowest BCUT2D eigenvalue weighted by Gasteiger charge is -2.07. The largest absolute Gasteiger partial charge is 0.460 e. The summed E-state index contributed by atoms with van der Waals surface area (Å²) in [5, 5.41) is 0. The summed E-state index contributed by atoms with van der Waals surface area (Å²) in [6, 6.07) is 0. The highest BCUT2D eigenvalue weighted by Crippen LogP contribution is 2.07. The molecule has 1 heterocycles. The normalized spacial score (nSPS) is 16.7. The first kappa shape index (κ1) is 18.1. The summed E-state index contributed by atoms with van der Waals surface area (Å²) in [4.78, 5) is 10.7. The molecule has 1 aliphatic heterocycles. The highest BCUT2D eigenvalue weighted by atomic mass is 16.6. The first-order valence-electron chi connectivity index (χ1n) is 7.04. The molecule has 1 fully saturated rings. The van der Waals surface area contributed by atoms with E-state index in [0.717, 1.165) is 12.7 Å². The molecule has 0 N–H and O–H groups in total. The molecule has 122 valence electrons. The minimum Gasteiger partial charge on any atom is -0.460 e. The molecular formula is C14H24O7. The van der Waals surface area contributed by atoms with Crippen LogP contribution in [0.5, 0.6) is 0 Å². The molecule has 0 aromatic heterocycles. The first-order chi connectivity index (χ1) is 10.3. The zero-order chi connectivity index (χ0) is 15.2. The second-order valence-corrected chi connectivity index (χ2v) is 4.24. The fraction of sp³-hybridized carbons (Fsp3) is 0.786. The first-order valence-corrected chi connectivity index (χ1v) is 7.04. The van der Waals surface area contributed by atoms with Gasteiger partial charge < -0.3 is 28.4 Å². The fourth-order valence-electron chi connectivity index (χ4n) is 1.30. The standard InChI is InChI=1S/C14H24O7/c1-2-14(15)20-10-9-18-6-5-16-3-4-17-7-8-19-11-13-12-21-13/h2,13H,1,3-12H2. The fourth-order valence-corrected chi connectivity index (χ4v) is 1.30. The zero-order valence-corrected chi connectivity index (χ0v) is 12.3. The summed E-state index contributed by atoms with van der Waals surface area (Å²) in [5.74, 6) is -0.444. The van der Waals surface area contributed by atoms with Crippen molar-refractivity contribution in [2.24, 2.45) is 0 Å². The van der Waals surface area contributed by atoms with E-state index >= 15 is 0 Å². The molecular weight excluding hydrogens is 280 g/mol. The summed E-state index contributed by atoms with van der Waals surface area (Å²) in [6.45, 7) is 8.44. The molecule has 1 aliphatic rings. The third-order valence-electron chi connectivity index (χ3n) is 2.46. The molecule has 7 nitrogen and oxygen atoms in total. The molecule has 1 atom stereocenters. The molecule has 1 saturated heterocycles. The SMILES string of the molecule is C=CC(=O)OCCOCCOCCOCCOCC1CO1. The van der Waals surface area contributed by atoms with E-state index in [0.29, 0.717) is 59.0 Å². The summed E-state index contributed by atoms with van der Waals surface area (Å²) in [6.07, 6.45) is 1.42. The molecule has 21 heavy (non-hydrogen) atoms. The van der Waals surface area contributed by atoms with Crippen LogP contribution in [-0.2, 0) is 33.2 Å². The lowest BCUT2D eigenvalue weighted by molar-refractivity contribution is -0.139. The van der Waals surface area contributed by atoms with Crippen molar-refractivity contribution in [2.45, 2.75) is 6.10 Å². The molecule has 0 radical (unpaired) electrons. The second-order valence-electron chi connectivity index (χ2n) is 4.24. The van der Waals surface area contributed by atoms with E-state index in [1.807, 2.05) is 0 Å². The van der Waals surface area contributed by atoms with Crippen molar-refractivity contribution in [3.8, 4) is 0 Å². The minimum absolute atomic E-state index is 0.222. The molecule has 0 aromatic rings. The van der Waals surface area contributed by atoms with Crippen LogP contribution in [0.15, 0.2) is 12.7 Å². The van der Waals surface area contributed by atoms with Gasteiger partial charge in [0.2, 0.25) is 0 Å². The summed E-state index contributed by atoms with van der Waals surface area (Å²) < 4.78 is 30.9. The average Bonchev–Trinajstić information content (AvgIpc) is 3.31. The Bertz CT molecular complexity index is 278. The van der Waals surface area contributed by atoms with Gasteiger partial charge in [0.25, 0.3) is 0 Å². The number of carbonyl (C=O) groups is 1. The van der Waals surface area contributed by atoms with Crippen LogP contribution in [0.2, 0.25) is 0 Å². The molecule has 1 unspecified atom stereocenters. The van der Waals surface area contributed by atoms with Gasteiger partial charge >= 0.3 is 5.97 Å². The number of epoxide rings is 1. The monoisotopic (exact) mass is 304 g/mol. The second kappa shape index (κ2) is 12.7. The predicted octanol–water partition coefficient (Wildman–Crippen LogP) is 0.181. The van der Waals surface area contributed by atoms with E-state index in [1.165, 1.54) is 0 Å². The number of rotatable bonds is 15. The van der Waals surface area contributed by atoms with E-state index in [4.69, 9.17) is 28.4 Å². The van der Waals surface area contributed by atoms with Crippen LogP contribution in [0.3, 0.4) is 0 Å². The van der Waals surface area contributed by atoms with E-state index in [9.17, 15) is 4.79 Å². The summed E-state index contributed by atoms with van der Waals surface area (Å²) in [7, 11) is 0. The van der Waals surface area contributed by atoms with Crippen molar-refractivity contribution >= 4 is 5.97 Å². The Morgan fingerprint density at radius 3 is 1.90 bits per heavy atom. The highest BCUT2D eigenvalue weighted by Gasteiger charge is 2.21. The third-order valence-corrected chi connectivity index (χ3v) is 2.46. The van der Waals surface area contributed by atoms with Crippen LogP contribution in [0.25, 0.3) is 0 Å². The molecule has 0 spiro atoms.